The maximum Gasteiger partial charge on any atom is 0.246 e. The molecule has 0 aliphatic carbocycles. The summed E-state index contributed by atoms with van der Waals surface area (Å²) in [5.41, 5.74) is 0.940. The molecule has 2 rings (SSSR count). The third-order valence-corrected chi connectivity index (χ3v) is 3.11. The Labute approximate surface area is 120 Å². The maximum absolute atomic E-state index is 12.1. The number of nitrogens with zero attached hydrogens (tertiary/aromatic N) is 1. The van der Waals surface area contributed by atoms with Crippen LogP contribution in [-0.2, 0) is 4.79 Å². The molecule has 0 spiro atoms. The quantitative estimate of drug-likeness (QED) is 0.749. The molecule has 0 aromatic heterocycles. The molecule has 1 heterocycles. The largest absolute Gasteiger partial charge is 0.454 e. The first kappa shape index (κ1) is 14.4. The summed E-state index contributed by atoms with van der Waals surface area (Å²) >= 11 is 0. The molecule has 108 valence electrons. The Balaban J connectivity index is 2.02. The molecule has 1 aromatic rings. The monoisotopic (exact) mass is 275 g/mol. The number of rotatable bonds is 6. The smallest absolute Gasteiger partial charge is 0.246 e. The van der Waals surface area contributed by atoms with Crippen LogP contribution in [0.2, 0.25) is 0 Å². The lowest BCUT2D eigenvalue weighted by molar-refractivity contribution is -0.126. The molecular weight excluding hydrogens is 254 g/mol. The van der Waals surface area contributed by atoms with Crippen LogP contribution in [0, 0.1) is 0 Å². The molecule has 0 bridgehead atoms. The fraction of sp³-hybridized carbons (Fsp3) is 0.438. The van der Waals surface area contributed by atoms with Crippen molar-refractivity contribution in [3.63, 3.8) is 0 Å². The summed E-state index contributed by atoms with van der Waals surface area (Å²) in [5.74, 6) is 1.55. The zero-order valence-electron chi connectivity index (χ0n) is 12.1. The van der Waals surface area contributed by atoms with Gasteiger partial charge in [0.25, 0.3) is 0 Å². The van der Waals surface area contributed by atoms with Gasteiger partial charge in [0.15, 0.2) is 11.5 Å². The normalized spacial score (nSPS) is 12.9. The molecule has 20 heavy (non-hydrogen) atoms. The van der Waals surface area contributed by atoms with Gasteiger partial charge in [-0.25, -0.2) is 0 Å². The van der Waals surface area contributed by atoms with E-state index in [9.17, 15) is 4.79 Å². The fourth-order valence-electron chi connectivity index (χ4n) is 2.16. The van der Waals surface area contributed by atoms with E-state index in [1.165, 1.54) is 0 Å². The molecule has 0 fully saturated rings. The molecule has 0 N–H and O–H groups in total. The molecule has 0 saturated heterocycles. The van der Waals surface area contributed by atoms with Crippen LogP contribution < -0.4 is 9.47 Å². The van der Waals surface area contributed by atoms with Crippen LogP contribution in [-0.4, -0.2) is 30.7 Å². The second kappa shape index (κ2) is 6.98. The highest BCUT2D eigenvalue weighted by molar-refractivity contribution is 5.91. The molecule has 4 nitrogen and oxygen atoms in total. The van der Waals surface area contributed by atoms with E-state index in [0.717, 1.165) is 43.0 Å². The SMILES string of the molecule is CCCN(CCC)C(=O)C=Cc1ccc2c(c1)OCO2. The Morgan fingerprint density at radius 3 is 2.60 bits per heavy atom. The molecule has 1 amide bonds. The summed E-state index contributed by atoms with van der Waals surface area (Å²) in [4.78, 5) is 14.0. The summed E-state index contributed by atoms with van der Waals surface area (Å²) in [6, 6.07) is 5.67. The summed E-state index contributed by atoms with van der Waals surface area (Å²) in [7, 11) is 0. The van der Waals surface area contributed by atoms with Crippen molar-refractivity contribution in [2.45, 2.75) is 26.7 Å². The fourth-order valence-corrected chi connectivity index (χ4v) is 2.16. The van der Waals surface area contributed by atoms with E-state index in [-0.39, 0.29) is 12.7 Å². The van der Waals surface area contributed by atoms with Crippen molar-refractivity contribution in [1.29, 1.82) is 0 Å². The average Bonchev–Trinajstić information content (AvgIpc) is 2.92. The molecule has 0 unspecified atom stereocenters. The van der Waals surface area contributed by atoms with Crippen molar-refractivity contribution in [1.82, 2.24) is 4.90 Å². The number of amides is 1. The van der Waals surface area contributed by atoms with Crippen LogP contribution in [0.25, 0.3) is 6.08 Å². The Morgan fingerprint density at radius 1 is 1.20 bits per heavy atom. The van der Waals surface area contributed by atoms with E-state index in [0.29, 0.717) is 0 Å². The van der Waals surface area contributed by atoms with Crippen molar-refractivity contribution in [2.24, 2.45) is 0 Å². The Kier molecular flexibility index (Phi) is 5.04. The van der Waals surface area contributed by atoms with E-state index in [4.69, 9.17) is 9.47 Å². The molecular formula is C16H21NO3. The van der Waals surface area contributed by atoms with Gasteiger partial charge in [-0.3, -0.25) is 4.79 Å². The molecule has 4 heteroatoms. The average molecular weight is 275 g/mol. The van der Waals surface area contributed by atoms with E-state index in [2.05, 4.69) is 13.8 Å². The predicted octanol–water partition coefficient (Wildman–Crippen LogP) is 3.08. The standard InChI is InChI=1S/C16H21NO3/c1-3-9-17(10-4-2)16(18)8-6-13-5-7-14-15(11-13)20-12-19-14/h5-8,11H,3-4,9-10,12H2,1-2H3. The van der Waals surface area contributed by atoms with Crippen LogP contribution in [0.4, 0.5) is 0 Å². The number of carbonyl (C=O) groups excluding carboxylic acids is 1. The zero-order valence-corrected chi connectivity index (χ0v) is 12.1. The Morgan fingerprint density at radius 2 is 1.90 bits per heavy atom. The zero-order chi connectivity index (χ0) is 14.4. The van der Waals surface area contributed by atoms with Crippen molar-refractivity contribution < 1.29 is 14.3 Å². The first-order valence-corrected chi connectivity index (χ1v) is 7.11. The van der Waals surface area contributed by atoms with Crippen LogP contribution in [0.3, 0.4) is 0 Å². The van der Waals surface area contributed by atoms with E-state index in [1.54, 1.807) is 6.08 Å². The number of carbonyl (C=O) groups is 1. The summed E-state index contributed by atoms with van der Waals surface area (Å²) in [6.45, 7) is 6.04. The minimum absolute atomic E-state index is 0.0615. The van der Waals surface area contributed by atoms with Crippen molar-refractivity contribution in [2.75, 3.05) is 19.9 Å². The summed E-state index contributed by atoms with van der Waals surface area (Å²) in [5, 5.41) is 0. The van der Waals surface area contributed by atoms with Crippen LogP contribution in [0.1, 0.15) is 32.3 Å². The summed E-state index contributed by atoms with van der Waals surface area (Å²) in [6.07, 6.45) is 5.40. The minimum atomic E-state index is 0.0615. The molecule has 0 atom stereocenters. The van der Waals surface area contributed by atoms with Gasteiger partial charge in [-0.2, -0.15) is 0 Å². The van der Waals surface area contributed by atoms with E-state index in [1.807, 2.05) is 29.2 Å². The molecule has 1 aliphatic heterocycles. The lowest BCUT2D eigenvalue weighted by Gasteiger charge is -2.19. The molecule has 1 aromatic carbocycles. The van der Waals surface area contributed by atoms with Gasteiger partial charge in [-0.05, 0) is 36.6 Å². The Hall–Kier alpha value is -1.97. The van der Waals surface area contributed by atoms with Gasteiger partial charge in [0.2, 0.25) is 12.7 Å². The van der Waals surface area contributed by atoms with Gasteiger partial charge in [0, 0.05) is 19.2 Å². The topological polar surface area (TPSA) is 38.8 Å². The van der Waals surface area contributed by atoms with Crippen LogP contribution in [0.5, 0.6) is 11.5 Å². The van der Waals surface area contributed by atoms with Crippen molar-refractivity contribution in [3.05, 3.63) is 29.8 Å². The van der Waals surface area contributed by atoms with Crippen LogP contribution >= 0.6 is 0 Å². The number of hydrogen-bond donors (Lipinski definition) is 0. The van der Waals surface area contributed by atoms with Crippen molar-refractivity contribution >= 4 is 12.0 Å². The third kappa shape index (κ3) is 3.53. The molecule has 0 radical (unpaired) electrons. The predicted molar refractivity (Wildman–Crippen MR) is 78.8 cm³/mol. The van der Waals surface area contributed by atoms with E-state index >= 15 is 0 Å². The van der Waals surface area contributed by atoms with Gasteiger partial charge in [-0.15, -0.1) is 0 Å². The first-order chi connectivity index (χ1) is 9.74. The summed E-state index contributed by atoms with van der Waals surface area (Å²) < 4.78 is 10.6. The first-order valence-electron chi connectivity index (χ1n) is 7.11. The lowest BCUT2D eigenvalue weighted by atomic mass is 10.2. The number of ether oxygens (including phenoxy) is 2. The second-order valence-corrected chi connectivity index (χ2v) is 4.77. The van der Waals surface area contributed by atoms with Crippen LogP contribution in [0.15, 0.2) is 24.3 Å². The highest BCUT2D eigenvalue weighted by Gasteiger charge is 2.12. The molecule has 0 saturated carbocycles. The lowest BCUT2D eigenvalue weighted by Crippen LogP contribution is -2.30. The van der Waals surface area contributed by atoms with Gasteiger partial charge < -0.3 is 14.4 Å². The maximum atomic E-state index is 12.1. The highest BCUT2D eigenvalue weighted by atomic mass is 16.7. The second-order valence-electron chi connectivity index (χ2n) is 4.77. The highest BCUT2D eigenvalue weighted by Crippen LogP contribution is 2.32. The van der Waals surface area contributed by atoms with Gasteiger partial charge in [-0.1, -0.05) is 19.9 Å². The van der Waals surface area contributed by atoms with Crippen molar-refractivity contribution in [3.8, 4) is 11.5 Å². The van der Waals surface area contributed by atoms with Gasteiger partial charge in [0.05, 0.1) is 0 Å². The third-order valence-electron chi connectivity index (χ3n) is 3.11. The van der Waals surface area contributed by atoms with Gasteiger partial charge >= 0.3 is 0 Å². The van der Waals surface area contributed by atoms with E-state index < -0.39 is 0 Å². The minimum Gasteiger partial charge on any atom is -0.454 e. The molecule has 1 aliphatic rings. The van der Waals surface area contributed by atoms with Gasteiger partial charge in [0.1, 0.15) is 0 Å². The number of hydrogen-bond acceptors (Lipinski definition) is 3. The Bertz CT molecular complexity index is 490. The number of benzene rings is 1. The number of fused-ring (bicyclic) bond motifs is 1.